The molecule has 0 heterocycles. The van der Waals surface area contributed by atoms with Crippen molar-refractivity contribution in [3.05, 3.63) is 29.6 Å². The number of esters is 1. The van der Waals surface area contributed by atoms with Crippen LogP contribution in [0.1, 0.15) is 11.7 Å². The molecule has 1 rings (SSSR count). The summed E-state index contributed by atoms with van der Waals surface area (Å²) < 4.78 is 17.1. The molecule has 0 fully saturated rings. The Kier molecular flexibility index (Phi) is 3.81. The van der Waals surface area contributed by atoms with E-state index in [1.807, 2.05) is 0 Å². The Bertz CT molecular complexity index is 393. The zero-order valence-electron chi connectivity index (χ0n) is 8.42. The van der Waals surface area contributed by atoms with Crippen molar-refractivity contribution in [3.8, 4) is 5.75 Å². The molecular weight excluding hydrogens is 219 g/mol. The summed E-state index contributed by atoms with van der Waals surface area (Å²) in [5.74, 6) is -2.56. The number of rotatable bonds is 3. The van der Waals surface area contributed by atoms with Gasteiger partial charge in [0.1, 0.15) is 6.10 Å². The number of aromatic hydroxyl groups is 1. The number of methoxy groups -OCH3 is 1. The number of hydrogen-bond acceptors (Lipinski definition) is 5. The molecule has 3 N–H and O–H groups in total. The fraction of sp³-hybridized carbons (Fsp3) is 0.300. The molecular formula is C10H11FO5. The second kappa shape index (κ2) is 4.91. The average molecular weight is 230 g/mol. The van der Waals surface area contributed by atoms with Gasteiger partial charge in [0.2, 0.25) is 0 Å². The van der Waals surface area contributed by atoms with E-state index in [2.05, 4.69) is 4.74 Å². The van der Waals surface area contributed by atoms with E-state index in [0.717, 1.165) is 19.2 Å². The first kappa shape index (κ1) is 12.4. The first-order valence-electron chi connectivity index (χ1n) is 4.39. The molecule has 16 heavy (non-hydrogen) atoms. The van der Waals surface area contributed by atoms with Crippen LogP contribution in [0, 0.1) is 5.82 Å². The largest absolute Gasteiger partial charge is 0.505 e. The molecule has 2 atom stereocenters. The number of halogens is 1. The molecule has 5 nitrogen and oxygen atoms in total. The van der Waals surface area contributed by atoms with E-state index in [9.17, 15) is 19.4 Å². The van der Waals surface area contributed by atoms with Crippen LogP contribution < -0.4 is 0 Å². The van der Waals surface area contributed by atoms with Crippen molar-refractivity contribution in [2.75, 3.05) is 7.11 Å². The van der Waals surface area contributed by atoms with E-state index in [0.29, 0.717) is 0 Å². The van der Waals surface area contributed by atoms with Crippen molar-refractivity contribution in [3.63, 3.8) is 0 Å². The highest BCUT2D eigenvalue weighted by molar-refractivity contribution is 5.75. The number of carbonyl (C=O) groups is 1. The van der Waals surface area contributed by atoms with Crippen LogP contribution in [0.4, 0.5) is 4.39 Å². The quantitative estimate of drug-likeness (QED) is 0.641. The van der Waals surface area contributed by atoms with Crippen LogP contribution in [0.5, 0.6) is 5.75 Å². The zero-order valence-corrected chi connectivity index (χ0v) is 8.42. The predicted octanol–water partition coefficient (Wildman–Crippen LogP) is 0.0986. The van der Waals surface area contributed by atoms with Crippen LogP contribution in [-0.2, 0) is 9.53 Å². The third-order valence-corrected chi connectivity index (χ3v) is 2.06. The third kappa shape index (κ3) is 2.47. The first-order valence-corrected chi connectivity index (χ1v) is 4.39. The monoisotopic (exact) mass is 230 g/mol. The molecule has 0 aliphatic heterocycles. The number of aliphatic hydroxyl groups is 2. The molecule has 2 unspecified atom stereocenters. The normalized spacial score (nSPS) is 14.2. The van der Waals surface area contributed by atoms with E-state index in [1.54, 1.807) is 0 Å². The van der Waals surface area contributed by atoms with Crippen LogP contribution in [-0.4, -0.2) is 34.5 Å². The fourth-order valence-corrected chi connectivity index (χ4v) is 1.14. The Morgan fingerprint density at radius 3 is 2.56 bits per heavy atom. The highest BCUT2D eigenvalue weighted by atomic mass is 19.1. The Labute approximate surface area is 90.7 Å². The SMILES string of the molecule is COC(=O)C(O)C(O)c1ccc(O)c(F)c1. The summed E-state index contributed by atoms with van der Waals surface area (Å²) in [7, 11) is 1.05. The van der Waals surface area contributed by atoms with Crippen LogP contribution in [0.25, 0.3) is 0 Å². The Morgan fingerprint density at radius 2 is 2.06 bits per heavy atom. The number of hydrogen-bond donors (Lipinski definition) is 3. The fourth-order valence-electron chi connectivity index (χ4n) is 1.14. The van der Waals surface area contributed by atoms with Crippen LogP contribution in [0.2, 0.25) is 0 Å². The summed E-state index contributed by atoms with van der Waals surface area (Å²) in [6.45, 7) is 0. The summed E-state index contributed by atoms with van der Waals surface area (Å²) in [5.41, 5.74) is -0.0341. The summed E-state index contributed by atoms with van der Waals surface area (Å²) in [6.07, 6.45) is -3.41. The lowest BCUT2D eigenvalue weighted by Crippen LogP contribution is -2.29. The molecule has 0 saturated carbocycles. The molecule has 6 heteroatoms. The van der Waals surface area contributed by atoms with Crippen LogP contribution in [0.15, 0.2) is 18.2 Å². The lowest BCUT2D eigenvalue weighted by Gasteiger charge is -2.16. The first-order chi connectivity index (χ1) is 7.47. The number of aliphatic hydroxyl groups excluding tert-OH is 2. The second-order valence-corrected chi connectivity index (χ2v) is 3.12. The highest BCUT2D eigenvalue weighted by Gasteiger charge is 2.26. The summed E-state index contributed by atoms with van der Waals surface area (Å²) >= 11 is 0. The molecule has 1 aromatic rings. The molecule has 0 saturated heterocycles. The van der Waals surface area contributed by atoms with Gasteiger partial charge in [-0.15, -0.1) is 0 Å². The minimum absolute atomic E-state index is 0.0341. The maximum absolute atomic E-state index is 12.9. The zero-order chi connectivity index (χ0) is 12.3. The van der Waals surface area contributed by atoms with Gasteiger partial charge in [-0.3, -0.25) is 0 Å². The van der Waals surface area contributed by atoms with Crippen LogP contribution in [0.3, 0.4) is 0 Å². The molecule has 0 amide bonds. The Balaban J connectivity index is 2.91. The van der Waals surface area contributed by atoms with Gasteiger partial charge in [0.25, 0.3) is 0 Å². The lowest BCUT2D eigenvalue weighted by atomic mass is 10.0. The van der Waals surface area contributed by atoms with Crippen molar-refractivity contribution in [2.45, 2.75) is 12.2 Å². The predicted molar refractivity (Wildman–Crippen MR) is 51.0 cm³/mol. The third-order valence-electron chi connectivity index (χ3n) is 2.06. The Morgan fingerprint density at radius 1 is 1.44 bits per heavy atom. The Hall–Kier alpha value is -1.66. The van der Waals surface area contributed by atoms with Crippen molar-refractivity contribution in [2.24, 2.45) is 0 Å². The van der Waals surface area contributed by atoms with E-state index in [4.69, 9.17) is 5.11 Å². The standard InChI is InChI=1S/C10H11FO5/c1-16-10(15)9(14)8(13)5-2-3-7(12)6(11)4-5/h2-4,8-9,12-14H,1H3. The maximum Gasteiger partial charge on any atom is 0.337 e. The van der Waals surface area contributed by atoms with Gasteiger partial charge in [-0.1, -0.05) is 6.07 Å². The summed E-state index contributed by atoms with van der Waals surface area (Å²) in [4.78, 5) is 10.9. The van der Waals surface area contributed by atoms with Gasteiger partial charge in [-0.2, -0.15) is 0 Å². The van der Waals surface area contributed by atoms with Gasteiger partial charge in [-0.25, -0.2) is 9.18 Å². The van der Waals surface area contributed by atoms with Crippen molar-refractivity contribution in [1.29, 1.82) is 0 Å². The van der Waals surface area contributed by atoms with Gasteiger partial charge >= 0.3 is 5.97 Å². The lowest BCUT2D eigenvalue weighted by molar-refractivity contribution is -0.156. The smallest absolute Gasteiger partial charge is 0.337 e. The van der Waals surface area contributed by atoms with E-state index in [1.165, 1.54) is 6.07 Å². The molecule has 0 spiro atoms. The van der Waals surface area contributed by atoms with Gasteiger partial charge in [0, 0.05) is 0 Å². The van der Waals surface area contributed by atoms with Crippen molar-refractivity contribution >= 4 is 5.97 Å². The molecule has 1 aromatic carbocycles. The maximum atomic E-state index is 12.9. The molecule has 0 bridgehead atoms. The second-order valence-electron chi connectivity index (χ2n) is 3.12. The van der Waals surface area contributed by atoms with E-state index in [-0.39, 0.29) is 5.56 Å². The molecule has 0 aliphatic rings. The number of phenolic OH excluding ortho intramolecular Hbond substituents is 1. The number of phenols is 1. The van der Waals surface area contributed by atoms with E-state index < -0.39 is 29.7 Å². The topological polar surface area (TPSA) is 87.0 Å². The van der Waals surface area contributed by atoms with Gasteiger partial charge in [0.05, 0.1) is 7.11 Å². The van der Waals surface area contributed by atoms with Crippen LogP contribution >= 0.6 is 0 Å². The van der Waals surface area contributed by atoms with Gasteiger partial charge in [0.15, 0.2) is 17.7 Å². The average Bonchev–Trinajstić information content (AvgIpc) is 2.29. The molecule has 0 aromatic heterocycles. The van der Waals surface area contributed by atoms with Crippen molar-refractivity contribution in [1.82, 2.24) is 0 Å². The number of carbonyl (C=O) groups excluding carboxylic acids is 1. The van der Waals surface area contributed by atoms with E-state index >= 15 is 0 Å². The van der Waals surface area contributed by atoms with Crippen molar-refractivity contribution < 1.29 is 29.2 Å². The molecule has 88 valence electrons. The summed E-state index contributed by atoms with van der Waals surface area (Å²) in [6, 6.07) is 3.03. The number of ether oxygens (including phenoxy) is 1. The molecule has 0 aliphatic carbocycles. The highest BCUT2D eigenvalue weighted by Crippen LogP contribution is 2.23. The minimum atomic E-state index is -1.80. The van der Waals surface area contributed by atoms with Gasteiger partial charge < -0.3 is 20.1 Å². The minimum Gasteiger partial charge on any atom is -0.505 e. The van der Waals surface area contributed by atoms with Gasteiger partial charge in [-0.05, 0) is 17.7 Å². The molecule has 0 radical (unpaired) electrons. The summed E-state index contributed by atoms with van der Waals surface area (Å²) in [5, 5.41) is 27.7. The number of benzene rings is 1.